The molecule has 2 rings (SSSR count). The van der Waals surface area contributed by atoms with Crippen LogP contribution in [-0.4, -0.2) is 20.2 Å². The number of ether oxygens (including phenoxy) is 1. The second kappa shape index (κ2) is 5.35. The molecular weight excluding hydrogens is 198 g/mol. The zero-order valence-electron chi connectivity index (χ0n) is 10.0. The zero-order valence-corrected chi connectivity index (χ0v) is 10.0. The van der Waals surface area contributed by atoms with E-state index in [9.17, 15) is 0 Å². The van der Waals surface area contributed by atoms with E-state index in [1.807, 2.05) is 37.4 Å². The van der Waals surface area contributed by atoms with Crippen molar-refractivity contribution in [1.82, 2.24) is 5.32 Å². The van der Waals surface area contributed by atoms with Crippen LogP contribution in [-0.2, 0) is 0 Å². The molecule has 16 heavy (non-hydrogen) atoms. The highest BCUT2D eigenvalue weighted by Crippen LogP contribution is 2.48. The number of hydrogen-bond donors (Lipinski definition) is 1. The minimum absolute atomic E-state index is 0.606. The Kier molecular flexibility index (Phi) is 3.83. The van der Waals surface area contributed by atoms with Crippen LogP contribution in [0.2, 0.25) is 0 Å². The van der Waals surface area contributed by atoms with Gasteiger partial charge >= 0.3 is 0 Å². The molecule has 0 aliphatic heterocycles. The largest absolute Gasteiger partial charge is 0.494 e. The lowest BCUT2D eigenvalue weighted by atomic mass is 10.0. The van der Waals surface area contributed by atoms with Gasteiger partial charge in [-0.25, -0.2) is 0 Å². The topological polar surface area (TPSA) is 21.3 Å². The van der Waals surface area contributed by atoms with Crippen LogP contribution in [0, 0.1) is 5.41 Å². The molecule has 1 aromatic rings. The molecule has 0 spiro atoms. The van der Waals surface area contributed by atoms with Crippen LogP contribution >= 0.6 is 0 Å². The lowest BCUT2D eigenvalue weighted by Crippen LogP contribution is -2.20. The number of hydrogen-bond acceptors (Lipinski definition) is 2. The van der Waals surface area contributed by atoms with Gasteiger partial charge in [-0.3, -0.25) is 0 Å². The summed E-state index contributed by atoms with van der Waals surface area (Å²) in [7, 11) is 2.04. The summed E-state index contributed by atoms with van der Waals surface area (Å²) in [6.07, 6.45) is 5.23. The van der Waals surface area contributed by atoms with E-state index in [-0.39, 0.29) is 0 Å². The maximum atomic E-state index is 5.69. The highest BCUT2D eigenvalue weighted by molar-refractivity contribution is 5.20. The molecule has 1 aromatic carbocycles. The fraction of sp³-hybridized carbons (Fsp3) is 0.571. The van der Waals surface area contributed by atoms with E-state index in [1.165, 1.54) is 25.8 Å². The van der Waals surface area contributed by atoms with Crippen molar-refractivity contribution >= 4 is 0 Å². The molecule has 2 nitrogen and oxygen atoms in total. The average Bonchev–Trinajstić information content (AvgIpc) is 3.07. The van der Waals surface area contributed by atoms with Crippen LogP contribution in [0.15, 0.2) is 30.3 Å². The van der Waals surface area contributed by atoms with Crippen molar-refractivity contribution in [2.45, 2.75) is 25.7 Å². The van der Waals surface area contributed by atoms with Crippen molar-refractivity contribution in [3.05, 3.63) is 30.3 Å². The summed E-state index contributed by atoms with van der Waals surface area (Å²) in [6.45, 7) is 2.01. The quantitative estimate of drug-likeness (QED) is 0.712. The molecule has 1 aliphatic carbocycles. The van der Waals surface area contributed by atoms with E-state index < -0.39 is 0 Å². The first-order chi connectivity index (χ1) is 7.85. The Labute approximate surface area is 98.0 Å². The van der Waals surface area contributed by atoms with Gasteiger partial charge < -0.3 is 10.1 Å². The van der Waals surface area contributed by atoms with Crippen LogP contribution in [0.5, 0.6) is 5.75 Å². The summed E-state index contributed by atoms with van der Waals surface area (Å²) in [5.74, 6) is 0.987. The number of nitrogens with one attached hydrogen (secondary N) is 1. The number of para-hydroxylation sites is 1. The van der Waals surface area contributed by atoms with E-state index in [0.717, 1.165) is 18.8 Å². The number of benzene rings is 1. The Hall–Kier alpha value is -1.02. The predicted molar refractivity (Wildman–Crippen MR) is 66.8 cm³/mol. The highest BCUT2D eigenvalue weighted by Gasteiger charge is 2.40. The van der Waals surface area contributed by atoms with Crippen molar-refractivity contribution in [1.29, 1.82) is 0 Å². The summed E-state index contributed by atoms with van der Waals surface area (Å²) in [5, 5.41) is 3.29. The third-order valence-electron chi connectivity index (χ3n) is 3.37. The molecule has 0 unspecified atom stereocenters. The van der Waals surface area contributed by atoms with Gasteiger partial charge in [0, 0.05) is 6.54 Å². The lowest BCUT2D eigenvalue weighted by Gasteiger charge is -2.14. The van der Waals surface area contributed by atoms with Gasteiger partial charge in [-0.2, -0.15) is 0 Å². The average molecular weight is 219 g/mol. The van der Waals surface area contributed by atoms with Crippen molar-refractivity contribution in [3.8, 4) is 5.75 Å². The molecule has 0 radical (unpaired) electrons. The van der Waals surface area contributed by atoms with Gasteiger partial charge in [-0.15, -0.1) is 0 Å². The third kappa shape index (κ3) is 3.24. The predicted octanol–water partition coefficient (Wildman–Crippen LogP) is 2.85. The van der Waals surface area contributed by atoms with E-state index >= 15 is 0 Å². The molecule has 1 saturated carbocycles. The van der Waals surface area contributed by atoms with Gasteiger partial charge in [0.2, 0.25) is 0 Å². The molecule has 0 saturated heterocycles. The van der Waals surface area contributed by atoms with E-state index in [2.05, 4.69) is 5.32 Å². The Morgan fingerprint density at radius 2 is 2.00 bits per heavy atom. The molecule has 1 N–H and O–H groups in total. The van der Waals surface area contributed by atoms with Gasteiger partial charge in [0.25, 0.3) is 0 Å². The summed E-state index contributed by atoms with van der Waals surface area (Å²) < 4.78 is 5.69. The smallest absolute Gasteiger partial charge is 0.119 e. The Balaban J connectivity index is 1.62. The van der Waals surface area contributed by atoms with E-state index in [1.54, 1.807) is 0 Å². The SMILES string of the molecule is CNCC1(CCCOc2ccccc2)CC1. The van der Waals surface area contributed by atoms with Gasteiger partial charge in [-0.05, 0) is 50.3 Å². The first-order valence-corrected chi connectivity index (χ1v) is 6.17. The summed E-state index contributed by atoms with van der Waals surface area (Å²) in [6, 6.07) is 10.1. The Morgan fingerprint density at radius 1 is 1.25 bits per heavy atom. The molecule has 1 aliphatic rings. The van der Waals surface area contributed by atoms with Crippen LogP contribution in [0.4, 0.5) is 0 Å². The van der Waals surface area contributed by atoms with Crippen molar-refractivity contribution < 1.29 is 4.74 Å². The zero-order chi connectivity index (χ0) is 11.3. The fourth-order valence-electron chi connectivity index (χ4n) is 2.22. The molecule has 2 heteroatoms. The maximum absolute atomic E-state index is 5.69. The van der Waals surface area contributed by atoms with Gasteiger partial charge in [0.05, 0.1) is 6.61 Å². The Bertz CT molecular complexity index is 306. The standard InChI is InChI=1S/C14H21NO/c1-15-12-14(9-10-14)8-5-11-16-13-6-3-2-4-7-13/h2-4,6-7,15H,5,8-12H2,1H3. The van der Waals surface area contributed by atoms with E-state index in [0.29, 0.717) is 5.41 Å². The second-order valence-electron chi connectivity index (χ2n) is 4.80. The van der Waals surface area contributed by atoms with Crippen LogP contribution in [0.3, 0.4) is 0 Å². The molecule has 0 amide bonds. The molecule has 88 valence electrons. The van der Waals surface area contributed by atoms with E-state index in [4.69, 9.17) is 4.74 Å². The maximum Gasteiger partial charge on any atom is 0.119 e. The molecule has 0 atom stereocenters. The minimum Gasteiger partial charge on any atom is -0.494 e. The summed E-state index contributed by atoms with van der Waals surface area (Å²) in [5.41, 5.74) is 0.606. The highest BCUT2D eigenvalue weighted by atomic mass is 16.5. The molecule has 0 bridgehead atoms. The molecule has 1 fully saturated rings. The van der Waals surface area contributed by atoms with Crippen LogP contribution < -0.4 is 10.1 Å². The normalized spacial score (nSPS) is 17.1. The van der Waals surface area contributed by atoms with Crippen molar-refractivity contribution in [2.75, 3.05) is 20.2 Å². The molecule has 0 aromatic heterocycles. The first-order valence-electron chi connectivity index (χ1n) is 6.17. The molecule has 0 heterocycles. The number of rotatable bonds is 7. The summed E-state index contributed by atoms with van der Waals surface area (Å²) >= 11 is 0. The summed E-state index contributed by atoms with van der Waals surface area (Å²) in [4.78, 5) is 0. The van der Waals surface area contributed by atoms with Crippen LogP contribution in [0.25, 0.3) is 0 Å². The van der Waals surface area contributed by atoms with Gasteiger partial charge in [0.1, 0.15) is 5.75 Å². The minimum atomic E-state index is 0.606. The third-order valence-corrected chi connectivity index (χ3v) is 3.37. The van der Waals surface area contributed by atoms with Crippen molar-refractivity contribution in [2.24, 2.45) is 5.41 Å². The molecular formula is C14H21NO. The fourth-order valence-corrected chi connectivity index (χ4v) is 2.22. The second-order valence-corrected chi connectivity index (χ2v) is 4.80. The monoisotopic (exact) mass is 219 g/mol. The van der Waals surface area contributed by atoms with Crippen LogP contribution in [0.1, 0.15) is 25.7 Å². The van der Waals surface area contributed by atoms with Gasteiger partial charge in [0.15, 0.2) is 0 Å². The Morgan fingerprint density at radius 3 is 2.62 bits per heavy atom. The van der Waals surface area contributed by atoms with Crippen molar-refractivity contribution in [3.63, 3.8) is 0 Å². The first kappa shape index (κ1) is 11.5. The van der Waals surface area contributed by atoms with Gasteiger partial charge in [-0.1, -0.05) is 18.2 Å². The lowest BCUT2D eigenvalue weighted by molar-refractivity contribution is 0.285.